The van der Waals surface area contributed by atoms with Crippen LogP contribution in [0.1, 0.15) is 28.1 Å². The fourth-order valence-corrected chi connectivity index (χ4v) is 3.10. The second-order valence-electron chi connectivity index (χ2n) is 4.82. The molecule has 0 unspecified atom stereocenters. The van der Waals surface area contributed by atoms with Crippen molar-refractivity contribution in [2.75, 3.05) is 6.61 Å². The average Bonchev–Trinajstić information content (AvgIpc) is 2.97. The van der Waals surface area contributed by atoms with Gasteiger partial charge in [-0.05, 0) is 53.0 Å². The van der Waals surface area contributed by atoms with Gasteiger partial charge in [-0.15, -0.1) is 11.3 Å². The molecule has 0 spiro atoms. The third kappa shape index (κ3) is 5.69. The molecule has 0 atom stereocenters. The number of nitrogens with one attached hydrogen (secondary N) is 2. The zero-order valence-electron chi connectivity index (χ0n) is 12.6. The molecule has 0 aliphatic heterocycles. The van der Waals surface area contributed by atoms with Crippen LogP contribution in [0.3, 0.4) is 0 Å². The Morgan fingerprint density at radius 3 is 2.65 bits per heavy atom. The number of halogens is 1. The summed E-state index contributed by atoms with van der Waals surface area (Å²) in [5, 5.41) is 0. The van der Waals surface area contributed by atoms with Crippen LogP contribution in [-0.2, 0) is 4.79 Å². The molecule has 0 aliphatic rings. The van der Waals surface area contributed by atoms with Gasteiger partial charge in [0.25, 0.3) is 5.91 Å². The minimum atomic E-state index is -0.329. The minimum absolute atomic E-state index is 0.248. The summed E-state index contributed by atoms with van der Waals surface area (Å²) in [7, 11) is 0. The van der Waals surface area contributed by atoms with Crippen molar-refractivity contribution in [3.63, 3.8) is 0 Å². The van der Waals surface area contributed by atoms with E-state index < -0.39 is 0 Å². The number of hydrogen-bond acceptors (Lipinski definition) is 4. The first kappa shape index (κ1) is 17.5. The van der Waals surface area contributed by atoms with Crippen molar-refractivity contribution in [1.29, 1.82) is 0 Å². The Kier molecular flexibility index (Phi) is 6.61. The van der Waals surface area contributed by atoms with E-state index in [2.05, 4.69) is 26.8 Å². The van der Waals surface area contributed by atoms with E-state index in [0.717, 1.165) is 15.1 Å². The van der Waals surface area contributed by atoms with Crippen LogP contribution in [0.2, 0.25) is 0 Å². The number of hydrazine groups is 1. The maximum atomic E-state index is 11.8. The van der Waals surface area contributed by atoms with Gasteiger partial charge in [-0.3, -0.25) is 20.4 Å². The molecule has 1 aromatic carbocycles. The normalized spacial score (nSPS) is 10.2. The van der Waals surface area contributed by atoms with Gasteiger partial charge >= 0.3 is 0 Å². The molecule has 0 aliphatic carbocycles. The third-order valence-corrected chi connectivity index (χ3v) is 4.63. The topological polar surface area (TPSA) is 67.4 Å². The lowest BCUT2D eigenvalue weighted by Crippen LogP contribution is -2.41. The van der Waals surface area contributed by atoms with E-state index in [-0.39, 0.29) is 18.2 Å². The largest absolute Gasteiger partial charge is 0.493 e. The SMILES string of the molecule is Cc1ccccc1OCCCC(=O)NNC(=O)c1ccc(Br)s1. The van der Waals surface area contributed by atoms with Gasteiger partial charge in [0.2, 0.25) is 5.91 Å². The Hall–Kier alpha value is -1.86. The maximum Gasteiger partial charge on any atom is 0.279 e. The van der Waals surface area contributed by atoms with E-state index >= 15 is 0 Å². The number of rotatable bonds is 6. The molecule has 0 saturated heterocycles. The lowest BCUT2D eigenvalue weighted by atomic mass is 10.2. The van der Waals surface area contributed by atoms with Gasteiger partial charge in [-0.2, -0.15) is 0 Å². The minimum Gasteiger partial charge on any atom is -0.493 e. The molecule has 2 amide bonds. The molecule has 2 N–H and O–H groups in total. The van der Waals surface area contributed by atoms with E-state index in [9.17, 15) is 9.59 Å². The predicted molar refractivity (Wildman–Crippen MR) is 93.5 cm³/mol. The van der Waals surface area contributed by atoms with Crippen molar-refractivity contribution in [2.45, 2.75) is 19.8 Å². The number of para-hydroxylation sites is 1. The lowest BCUT2D eigenvalue weighted by molar-refractivity contribution is -0.122. The zero-order valence-corrected chi connectivity index (χ0v) is 15.0. The van der Waals surface area contributed by atoms with Crippen molar-refractivity contribution < 1.29 is 14.3 Å². The van der Waals surface area contributed by atoms with Gasteiger partial charge in [-0.25, -0.2) is 0 Å². The first-order valence-electron chi connectivity index (χ1n) is 7.09. The van der Waals surface area contributed by atoms with Crippen molar-refractivity contribution in [3.05, 3.63) is 50.6 Å². The van der Waals surface area contributed by atoms with E-state index in [4.69, 9.17) is 4.74 Å². The standard InChI is InChI=1S/C16H17BrN2O3S/c1-11-5-2-3-6-12(11)22-10-4-7-15(20)18-19-16(21)13-8-9-14(17)23-13/h2-3,5-6,8-9H,4,7,10H2,1H3,(H,18,20)(H,19,21). The second kappa shape index (κ2) is 8.69. The highest BCUT2D eigenvalue weighted by Crippen LogP contribution is 2.21. The summed E-state index contributed by atoms with van der Waals surface area (Å²) in [6.45, 7) is 2.42. The smallest absolute Gasteiger partial charge is 0.279 e. The summed E-state index contributed by atoms with van der Waals surface area (Å²) < 4.78 is 6.48. The summed E-state index contributed by atoms with van der Waals surface area (Å²) in [6, 6.07) is 11.2. The number of hydrogen-bond donors (Lipinski definition) is 2. The molecule has 0 fully saturated rings. The van der Waals surface area contributed by atoms with Crippen LogP contribution in [0, 0.1) is 6.92 Å². The highest BCUT2D eigenvalue weighted by atomic mass is 79.9. The van der Waals surface area contributed by atoms with Gasteiger partial charge in [0.15, 0.2) is 0 Å². The first-order valence-corrected chi connectivity index (χ1v) is 8.70. The van der Waals surface area contributed by atoms with Crippen molar-refractivity contribution in [1.82, 2.24) is 10.9 Å². The van der Waals surface area contributed by atoms with Gasteiger partial charge in [-0.1, -0.05) is 18.2 Å². The first-order chi connectivity index (χ1) is 11.1. The number of aryl methyl sites for hydroxylation is 1. The van der Waals surface area contributed by atoms with Crippen LogP contribution >= 0.6 is 27.3 Å². The molecule has 2 aromatic rings. The zero-order chi connectivity index (χ0) is 16.7. The molecule has 2 rings (SSSR count). The van der Waals surface area contributed by atoms with Crippen molar-refractivity contribution in [3.8, 4) is 5.75 Å². The molecule has 0 radical (unpaired) electrons. The number of amides is 2. The molecule has 1 heterocycles. The summed E-state index contributed by atoms with van der Waals surface area (Å²) in [6.07, 6.45) is 0.848. The molecule has 0 saturated carbocycles. The van der Waals surface area contributed by atoms with Crippen LogP contribution in [0.25, 0.3) is 0 Å². The Bertz CT molecular complexity index is 687. The fraction of sp³-hybridized carbons (Fsp3) is 0.250. The summed E-state index contributed by atoms with van der Waals surface area (Å²) in [4.78, 5) is 24.0. The van der Waals surface area contributed by atoms with Crippen LogP contribution in [0.15, 0.2) is 40.2 Å². The number of benzene rings is 1. The Labute approximate surface area is 147 Å². The summed E-state index contributed by atoms with van der Waals surface area (Å²) >= 11 is 4.59. The van der Waals surface area contributed by atoms with Crippen molar-refractivity contribution >= 4 is 39.1 Å². The second-order valence-corrected chi connectivity index (χ2v) is 7.29. The molecule has 0 bridgehead atoms. The Balaban J connectivity index is 1.64. The fourth-order valence-electron chi connectivity index (χ4n) is 1.82. The average molecular weight is 397 g/mol. The number of ether oxygens (including phenoxy) is 1. The number of carbonyl (C=O) groups excluding carboxylic acids is 2. The third-order valence-electron chi connectivity index (χ3n) is 3.01. The van der Waals surface area contributed by atoms with Crippen LogP contribution in [-0.4, -0.2) is 18.4 Å². The Morgan fingerprint density at radius 2 is 1.96 bits per heavy atom. The number of carbonyl (C=O) groups is 2. The van der Waals surface area contributed by atoms with Gasteiger partial charge in [0.05, 0.1) is 15.3 Å². The monoisotopic (exact) mass is 396 g/mol. The molecule has 5 nitrogen and oxygen atoms in total. The predicted octanol–water partition coefficient (Wildman–Crippen LogP) is 3.44. The molecular weight excluding hydrogens is 380 g/mol. The highest BCUT2D eigenvalue weighted by molar-refractivity contribution is 9.11. The van der Waals surface area contributed by atoms with E-state index in [0.29, 0.717) is 17.9 Å². The number of thiophene rings is 1. The van der Waals surface area contributed by atoms with Gasteiger partial charge in [0.1, 0.15) is 5.75 Å². The van der Waals surface area contributed by atoms with Crippen molar-refractivity contribution in [2.24, 2.45) is 0 Å². The maximum absolute atomic E-state index is 11.8. The summed E-state index contributed by atoms with van der Waals surface area (Å²) in [5.41, 5.74) is 5.85. The molecule has 122 valence electrons. The molecule has 7 heteroatoms. The van der Waals surface area contributed by atoms with Gasteiger partial charge in [0, 0.05) is 6.42 Å². The highest BCUT2D eigenvalue weighted by Gasteiger charge is 2.09. The molecule has 23 heavy (non-hydrogen) atoms. The lowest BCUT2D eigenvalue weighted by Gasteiger charge is -2.09. The van der Waals surface area contributed by atoms with Gasteiger partial charge < -0.3 is 4.74 Å². The summed E-state index contributed by atoms with van der Waals surface area (Å²) in [5.74, 6) is 0.247. The Morgan fingerprint density at radius 1 is 1.17 bits per heavy atom. The van der Waals surface area contributed by atoms with E-state index in [1.165, 1.54) is 11.3 Å². The van der Waals surface area contributed by atoms with Crippen LogP contribution in [0.5, 0.6) is 5.75 Å². The van der Waals surface area contributed by atoms with Crippen LogP contribution < -0.4 is 15.6 Å². The van der Waals surface area contributed by atoms with Crippen LogP contribution in [0.4, 0.5) is 0 Å². The quantitative estimate of drug-likeness (QED) is 0.580. The van der Waals surface area contributed by atoms with E-state index in [1.54, 1.807) is 12.1 Å². The molecular formula is C16H17BrN2O3S. The molecule has 1 aromatic heterocycles. The van der Waals surface area contributed by atoms with E-state index in [1.807, 2.05) is 31.2 Å².